The lowest BCUT2D eigenvalue weighted by molar-refractivity contribution is 0.0240. The molecule has 4 heterocycles. The van der Waals surface area contributed by atoms with E-state index in [1.807, 2.05) is 52.7 Å². The van der Waals surface area contributed by atoms with Crippen LogP contribution in [0.3, 0.4) is 0 Å². The molecule has 1 aromatic carbocycles. The van der Waals surface area contributed by atoms with Crippen LogP contribution in [0, 0.1) is 11.3 Å². The maximum Gasteiger partial charge on any atom is 0.410 e. The number of anilines is 2. The molecule has 1 amide bonds. The number of carbonyl (C=O) groups excluding carboxylic acids is 1. The third-order valence-electron chi connectivity index (χ3n) is 8.80. The van der Waals surface area contributed by atoms with E-state index in [1.165, 1.54) is 0 Å². The first kappa shape index (κ1) is 36.4. The number of pyridine rings is 1. The van der Waals surface area contributed by atoms with Gasteiger partial charge in [-0.3, -0.25) is 0 Å². The van der Waals surface area contributed by atoms with E-state index in [-0.39, 0.29) is 12.2 Å². The van der Waals surface area contributed by atoms with E-state index in [2.05, 4.69) is 58.6 Å². The minimum Gasteiger partial charge on any atom is -0.472 e. The number of fused-ring (bicyclic) bond motifs is 2. The SMILES string of the molecule is CC(CN(C)C)Oc1nc2c(c(N3CCN(C(=O)OC(C)(C)C)CC3)c1C#N)CCN(c1cccc3c1cnn3COCC[Si](C)(C)C)C2. The first-order valence-corrected chi connectivity index (χ1v) is 21.1. The van der Waals surface area contributed by atoms with Gasteiger partial charge in [-0.2, -0.15) is 10.4 Å². The molecule has 0 spiro atoms. The van der Waals surface area contributed by atoms with Crippen molar-refractivity contribution in [1.82, 2.24) is 24.6 Å². The molecule has 1 unspecified atom stereocenters. The van der Waals surface area contributed by atoms with Crippen LogP contribution in [-0.4, -0.2) is 110 Å². The molecule has 2 aliphatic heterocycles. The number of hydrogen-bond acceptors (Lipinski definition) is 10. The van der Waals surface area contributed by atoms with Gasteiger partial charge in [0.05, 0.1) is 29.6 Å². The normalized spacial score (nSPS) is 16.1. The fourth-order valence-electron chi connectivity index (χ4n) is 6.45. The van der Waals surface area contributed by atoms with Crippen molar-refractivity contribution < 1.29 is 19.0 Å². The summed E-state index contributed by atoms with van der Waals surface area (Å²) in [6.07, 6.45) is 2.17. The van der Waals surface area contributed by atoms with Crippen molar-refractivity contribution in [3.63, 3.8) is 0 Å². The highest BCUT2D eigenvalue weighted by Crippen LogP contribution is 2.39. The predicted octanol–water partition coefficient (Wildman–Crippen LogP) is 5.56. The first-order chi connectivity index (χ1) is 23.1. The summed E-state index contributed by atoms with van der Waals surface area (Å²) in [6, 6.07) is 9.88. The van der Waals surface area contributed by atoms with Crippen LogP contribution < -0.4 is 14.5 Å². The number of rotatable bonds is 11. The van der Waals surface area contributed by atoms with Gasteiger partial charge in [0.15, 0.2) is 0 Å². The van der Waals surface area contributed by atoms with Crippen molar-refractivity contribution in [1.29, 1.82) is 5.26 Å². The Morgan fingerprint density at radius 2 is 1.84 bits per heavy atom. The molecule has 2 aliphatic rings. The summed E-state index contributed by atoms with van der Waals surface area (Å²) in [5.41, 5.74) is 4.89. The molecule has 1 atom stereocenters. The lowest BCUT2D eigenvalue weighted by Gasteiger charge is -2.40. The third-order valence-corrected chi connectivity index (χ3v) is 10.5. The smallest absolute Gasteiger partial charge is 0.410 e. The molecule has 1 fully saturated rings. The molecule has 0 saturated carbocycles. The molecule has 0 bridgehead atoms. The second-order valence-electron chi connectivity index (χ2n) is 15.7. The van der Waals surface area contributed by atoms with Crippen molar-refractivity contribution in [3.8, 4) is 11.9 Å². The quantitative estimate of drug-likeness (QED) is 0.187. The monoisotopic (exact) mass is 690 g/mol. The molecule has 12 nitrogen and oxygen atoms in total. The van der Waals surface area contributed by atoms with Crippen molar-refractivity contribution >= 4 is 36.4 Å². The highest BCUT2D eigenvalue weighted by atomic mass is 28.3. The number of benzene rings is 1. The summed E-state index contributed by atoms with van der Waals surface area (Å²) in [4.78, 5) is 26.3. The highest BCUT2D eigenvalue weighted by Gasteiger charge is 2.33. The Morgan fingerprint density at radius 3 is 2.49 bits per heavy atom. The Kier molecular flexibility index (Phi) is 11.1. The second kappa shape index (κ2) is 14.9. The van der Waals surface area contributed by atoms with E-state index in [0.29, 0.717) is 57.4 Å². The molecule has 2 aromatic heterocycles. The third kappa shape index (κ3) is 9.03. The summed E-state index contributed by atoms with van der Waals surface area (Å²) in [5.74, 6) is 0.364. The van der Waals surface area contributed by atoms with Crippen LogP contribution in [-0.2, 0) is 29.2 Å². The minimum absolute atomic E-state index is 0.170. The molecule has 0 aliphatic carbocycles. The van der Waals surface area contributed by atoms with Crippen molar-refractivity contribution in [3.05, 3.63) is 41.2 Å². The topological polar surface area (TPSA) is 112 Å². The Bertz CT molecular complexity index is 1660. The van der Waals surface area contributed by atoms with Crippen LogP contribution in [0.15, 0.2) is 24.4 Å². The Morgan fingerprint density at radius 1 is 1.10 bits per heavy atom. The molecular formula is C36H54N8O4Si. The number of hydrogen-bond donors (Lipinski definition) is 0. The molecule has 5 rings (SSSR count). The number of aromatic nitrogens is 3. The van der Waals surface area contributed by atoms with Gasteiger partial charge in [-0.15, -0.1) is 0 Å². The van der Waals surface area contributed by atoms with Crippen LogP contribution >= 0.6 is 0 Å². The Hall–Kier alpha value is -3.86. The summed E-state index contributed by atoms with van der Waals surface area (Å²) in [6.45, 7) is 20.1. The number of amides is 1. The molecule has 3 aromatic rings. The molecule has 0 radical (unpaired) electrons. The van der Waals surface area contributed by atoms with Gasteiger partial charge in [-0.05, 0) is 66.4 Å². The lowest BCUT2D eigenvalue weighted by atomic mass is 9.97. The van der Waals surface area contributed by atoms with Gasteiger partial charge in [0.1, 0.15) is 30.1 Å². The highest BCUT2D eigenvalue weighted by molar-refractivity contribution is 6.76. The molecule has 266 valence electrons. The largest absolute Gasteiger partial charge is 0.472 e. The average molecular weight is 691 g/mol. The fourth-order valence-corrected chi connectivity index (χ4v) is 7.21. The summed E-state index contributed by atoms with van der Waals surface area (Å²) in [5, 5.41) is 16.3. The van der Waals surface area contributed by atoms with Gasteiger partial charge in [-0.1, -0.05) is 25.7 Å². The van der Waals surface area contributed by atoms with Gasteiger partial charge in [0.2, 0.25) is 5.88 Å². The van der Waals surface area contributed by atoms with E-state index in [4.69, 9.17) is 24.3 Å². The zero-order valence-corrected chi connectivity index (χ0v) is 31.9. The zero-order valence-electron chi connectivity index (χ0n) is 30.9. The van der Waals surface area contributed by atoms with Crippen LogP contribution in [0.2, 0.25) is 25.7 Å². The van der Waals surface area contributed by atoms with Crippen molar-refractivity contribution in [2.75, 3.05) is 69.8 Å². The molecule has 13 heteroatoms. The van der Waals surface area contributed by atoms with Crippen LogP contribution in [0.4, 0.5) is 16.2 Å². The molecular weight excluding hydrogens is 637 g/mol. The second-order valence-corrected chi connectivity index (χ2v) is 21.3. The van der Waals surface area contributed by atoms with E-state index in [0.717, 1.165) is 59.2 Å². The van der Waals surface area contributed by atoms with Crippen LogP contribution in [0.1, 0.15) is 44.5 Å². The van der Waals surface area contributed by atoms with Crippen LogP contribution in [0.5, 0.6) is 5.88 Å². The van der Waals surface area contributed by atoms with E-state index >= 15 is 0 Å². The summed E-state index contributed by atoms with van der Waals surface area (Å²) >= 11 is 0. The maximum atomic E-state index is 12.8. The Balaban J connectivity index is 1.43. The lowest BCUT2D eigenvalue weighted by Crippen LogP contribution is -2.50. The molecule has 0 N–H and O–H groups in total. The fraction of sp³-hybridized carbons (Fsp3) is 0.611. The Labute approximate surface area is 292 Å². The van der Waals surface area contributed by atoms with E-state index < -0.39 is 13.7 Å². The number of carbonyl (C=O) groups is 1. The minimum atomic E-state index is -1.17. The summed E-state index contributed by atoms with van der Waals surface area (Å²) < 4.78 is 20.0. The molecule has 49 heavy (non-hydrogen) atoms. The van der Waals surface area contributed by atoms with Crippen LogP contribution in [0.25, 0.3) is 10.9 Å². The number of nitrogens with zero attached hydrogens (tertiary/aromatic N) is 8. The van der Waals surface area contributed by atoms with E-state index in [9.17, 15) is 10.1 Å². The van der Waals surface area contributed by atoms with E-state index in [1.54, 1.807) is 4.90 Å². The van der Waals surface area contributed by atoms with Gasteiger partial charge in [-0.25, -0.2) is 14.5 Å². The number of ether oxygens (including phenoxy) is 3. The van der Waals surface area contributed by atoms with Crippen molar-refractivity contribution in [2.45, 2.75) is 84.8 Å². The molecule has 1 saturated heterocycles. The van der Waals surface area contributed by atoms with Gasteiger partial charge < -0.3 is 33.8 Å². The average Bonchev–Trinajstić information content (AvgIpc) is 3.44. The first-order valence-electron chi connectivity index (χ1n) is 17.4. The van der Waals surface area contributed by atoms with Gasteiger partial charge >= 0.3 is 6.09 Å². The number of likely N-dealkylation sites (N-methyl/N-ethyl adjacent to an activating group) is 1. The standard InChI is InChI=1S/C36H54N8O4Si/c1-26(23-40(5)6)47-34-28(21-37)33(41-15-17-42(18-16-41)35(45)48-36(2,3)4)27-13-14-43(24-30(27)39-34)31-11-10-12-32-29(31)22-38-44(32)25-46-19-20-49(7,8)9/h10-12,22,26H,13-20,23-25H2,1-9H3. The van der Waals surface area contributed by atoms with Gasteiger partial charge in [0.25, 0.3) is 0 Å². The van der Waals surface area contributed by atoms with Gasteiger partial charge in [0, 0.05) is 70.6 Å². The zero-order chi connectivity index (χ0) is 35.5. The summed E-state index contributed by atoms with van der Waals surface area (Å²) in [7, 11) is 2.83. The number of nitriles is 1. The predicted molar refractivity (Wildman–Crippen MR) is 196 cm³/mol. The van der Waals surface area contributed by atoms with Crippen molar-refractivity contribution in [2.24, 2.45) is 0 Å². The number of piperazine rings is 1. The maximum absolute atomic E-state index is 12.8.